The van der Waals surface area contributed by atoms with Gasteiger partial charge in [-0.1, -0.05) is 13.3 Å². The maximum atomic E-state index is 5.84. The average Bonchev–Trinajstić information content (AvgIpc) is 2.85. The van der Waals surface area contributed by atoms with Crippen molar-refractivity contribution < 1.29 is 4.74 Å². The fourth-order valence-electron chi connectivity index (χ4n) is 2.67. The Balaban J connectivity index is 1.92. The number of nitrogens with two attached hydrogens (primary N) is 1. The van der Waals surface area contributed by atoms with Gasteiger partial charge in [0.1, 0.15) is 5.75 Å². The van der Waals surface area contributed by atoms with Crippen LogP contribution in [0.5, 0.6) is 5.75 Å². The van der Waals surface area contributed by atoms with Gasteiger partial charge in [0.2, 0.25) is 0 Å². The molecule has 1 aliphatic carbocycles. The van der Waals surface area contributed by atoms with Crippen LogP contribution in [0.4, 0.5) is 5.69 Å². The second-order valence-electron chi connectivity index (χ2n) is 5.78. The highest BCUT2D eigenvalue weighted by molar-refractivity contribution is 5.65. The molecular formula is C14H19N5O. The third-order valence-electron chi connectivity index (χ3n) is 4.12. The number of benzene rings is 1. The van der Waals surface area contributed by atoms with Gasteiger partial charge >= 0.3 is 0 Å². The fraction of sp³-hybridized carbons (Fsp3) is 0.500. The Morgan fingerprint density at radius 3 is 2.85 bits per heavy atom. The molecule has 0 atom stereocenters. The van der Waals surface area contributed by atoms with E-state index >= 15 is 0 Å². The van der Waals surface area contributed by atoms with E-state index in [2.05, 4.69) is 22.4 Å². The first kappa shape index (κ1) is 12.9. The van der Waals surface area contributed by atoms with Crippen molar-refractivity contribution in [2.24, 2.45) is 5.41 Å². The lowest BCUT2D eigenvalue weighted by molar-refractivity contribution is 0.126. The molecule has 1 heterocycles. The average molecular weight is 273 g/mol. The van der Waals surface area contributed by atoms with Crippen molar-refractivity contribution in [1.29, 1.82) is 0 Å². The molecule has 6 heteroatoms. The first-order valence-electron chi connectivity index (χ1n) is 6.81. The van der Waals surface area contributed by atoms with Gasteiger partial charge in [0.25, 0.3) is 0 Å². The molecule has 1 aromatic carbocycles. The van der Waals surface area contributed by atoms with Crippen LogP contribution in [0.3, 0.4) is 0 Å². The Labute approximate surface area is 117 Å². The smallest absolute Gasteiger partial charge is 0.182 e. The maximum absolute atomic E-state index is 5.84. The topological polar surface area (TPSA) is 78.9 Å². The Kier molecular flexibility index (Phi) is 3.08. The number of rotatable bonds is 4. The van der Waals surface area contributed by atoms with Gasteiger partial charge in [-0.25, -0.2) is 4.68 Å². The largest absolute Gasteiger partial charge is 0.495 e. The first-order valence-corrected chi connectivity index (χ1v) is 6.81. The van der Waals surface area contributed by atoms with Crippen molar-refractivity contribution in [3.63, 3.8) is 0 Å². The molecule has 1 aliphatic rings. The number of aromatic nitrogens is 4. The van der Waals surface area contributed by atoms with Crippen LogP contribution < -0.4 is 10.5 Å². The van der Waals surface area contributed by atoms with E-state index in [4.69, 9.17) is 10.5 Å². The summed E-state index contributed by atoms with van der Waals surface area (Å²) in [5.41, 5.74) is 7.69. The van der Waals surface area contributed by atoms with Crippen LogP contribution in [0, 0.1) is 5.41 Å². The monoisotopic (exact) mass is 273 g/mol. The Morgan fingerprint density at radius 2 is 2.20 bits per heavy atom. The number of hydrogen-bond acceptors (Lipinski definition) is 5. The molecule has 20 heavy (non-hydrogen) atoms. The van der Waals surface area contributed by atoms with Crippen molar-refractivity contribution in [1.82, 2.24) is 20.2 Å². The van der Waals surface area contributed by atoms with Crippen molar-refractivity contribution >= 4 is 5.69 Å². The van der Waals surface area contributed by atoms with E-state index in [0.29, 0.717) is 16.9 Å². The minimum Gasteiger partial charge on any atom is -0.495 e. The number of tetrazole rings is 1. The van der Waals surface area contributed by atoms with E-state index in [1.54, 1.807) is 7.11 Å². The van der Waals surface area contributed by atoms with E-state index in [-0.39, 0.29) is 0 Å². The predicted molar refractivity (Wildman–Crippen MR) is 76.2 cm³/mol. The summed E-state index contributed by atoms with van der Waals surface area (Å²) in [5.74, 6) is 1.41. The summed E-state index contributed by atoms with van der Waals surface area (Å²) in [6, 6.07) is 5.61. The predicted octanol–water partition coefficient (Wildman–Crippen LogP) is 2.12. The molecule has 3 rings (SSSR count). The second kappa shape index (κ2) is 4.77. The van der Waals surface area contributed by atoms with Crippen LogP contribution in [-0.2, 0) is 6.54 Å². The third kappa shape index (κ3) is 2.21. The van der Waals surface area contributed by atoms with Crippen LogP contribution in [0.25, 0.3) is 11.4 Å². The highest BCUT2D eigenvalue weighted by Gasteiger charge is 2.33. The van der Waals surface area contributed by atoms with Gasteiger partial charge in [0, 0.05) is 5.56 Å². The zero-order valence-corrected chi connectivity index (χ0v) is 11.8. The fourth-order valence-corrected chi connectivity index (χ4v) is 2.67. The molecule has 6 nitrogen and oxygen atoms in total. The summed E-state index contributed by atoms with van der Waals surface area (Å²) in [5, 5.41) is 12.1. The van der Waals surface area contributed by atoms with E-state index in [1.165, 1.54) is 19.3 Å². The molecule has 1 aromatic heterocycles. The molecule has 2 N–H and O–H groups in total. The van der Waals surface area contributed by atoms with Crippen molar-refractivity contribution in [2.45, 2.75) is 32.7 Å². The third-order valence-corrected chi connectivity index (χ3v) is 4.12. The minimum atomic E-state index is 0.321. The van der Waals surface area contributed by atoms with Crippen molar-refractivity contribution in [3.8, 4) is 17.1 Å². The number of anilines is 1. The van der Waals surface area contributed by atoms with Gasteiger partial charge < -0.3 is 10.5 Å². The Bertz CT molecular complexity index is 618. The van der Waals surface area contributed by atoms with Gasteiger partial charge in [0.15, 0.2) is 5.82 Å². The molecule has 106 valence electrons. The van der Waals surface area contributed by atoms with Crippen LogP contribution >= 0.6 is 0 Å². The van der Waals surface area contributed by atoms with Crippen LogP contribution in [0.15, 0.2) is 18.2 Å². The summed E-state index contributed by atoms with van der Waals surface area (Å²) in [6.45, 7) is 3.13. The standard InChI is InChI=1S/C14H19N5O/c1-14(6-3-7-14)9-19-13(16-17-18-19)10-4-5-11(15)12(8-10)20-2/h4-5,8H,3,6-7,9,15H2,1-2H3. The molecule has 0 bridgehead atoms. The molecule has 2 aromatic rings. The molecule has 0 amide bonds. The lowest BCUT2D eigenvalue weighted by Gasteiger charge is -2.38. The summed E-state index contributed by atoms with van der Waals surface area (Å²) >= 11 is 0. The van der Waals surface area contributed by atoms with Gasteiger partial charge in [-0.2, -0.15) is 0 Å². The van der Waals surface area contributed by atoms with E-state index in [0.717, 1.165) is 17.9 Å². The summed E-state index contributed by atoms with van der Waals surface area (Å²) < 4.78 is 7.13. The number of ether oxygens (including phenoxy) is 1. The van der Waals surface area contributed by atoms with Gasteiger partial charge in [-0.05, 0) is 46.9 Å². The van der Waals surface area contributed by atoms with Crippen molar-refractivity contribution in [3.05, 3.63) is 18.2 Å². The van der Waals surface area contributed by atoms with Crippen LogP contribution in [-0.4, -0.2) is 27.3 Å². The molecule has 1 fully saturated rings. The quantitative estimate of drug-likeness (QED) is 0.863. The molecule has 0 aliphatic heterocycles. The number of hydrogen-bond donors (Lipinski definition) is 1. The summed E-state index contributed by atoms with van der Waals surface area (Å²) in [4.78, 5) is 0. The molecular weight excluding hydrogens is 254 g/mol. The SMILES string of the molecule is COc1cc(-c2nnnn2CC2(C)CCC2)ccc1N. The summed E-state index contributed by atoms with van der Waals surface area (Å²) in [7, 11) is 1.61. The Hall–Kier alpha value is -2.11. The maximum Gasteiger partial charge on any atom is 0.182 e. The zero-order valence-electron chi connectivity index (χ0n) is 11.8. The highest BCUT2D eigenvalue weighted by atomic mass is 16.5. The molecule has 0 radical (unpaired) electrons. The minimum absolute atomic E-state index is 0.321. The summed E-state index contributed by atoms with van der Waals surface area (Å²) in [6.07, 6.45) is 3.76. The molecule has 0 saturated heterocycles. The number of methoxy groups -OCH3 is 1. The van der Waals surface area contributed by atoms with E-state index in [9.17, 15) is 0 Å². The second-order valence-corrected chi connectivity index (χ2v) is 5.78. The molecule has 0 spiro atoms. The number of nitrogens with zero attached hydrogens (tertiary/aromatic N) is 4. The molecule has 1 saturated carbocycles. The molecule has 0 unspecified atom stereocenters. The van der Waals surface area contributed by atoms with Gasteiger partial charge in [-0.3, -0.25) is 0 Å². The van der Waals surface area contributed by atoms with E-state index < -0.39 is 0 Å². The van der Waals surface area contributed by atoms with Gasteiger partial charge in [-0.15, -0.1) is 5.10 Å². The lowest BCUT2D eigenvalue weighted by Crippen LogP contribution is -2.31. The van der Waals surface area contributed by atoms with Crippen LogP contribution in [0.1, 0.15) is 26.2 Å². The first-order chi connectivity index (χ1) is 9.61. The zero-order chi connectivity index (χ0) is 14.2. The Morgan fingerprint density at radius 1 is 1.40 bits per heavy atom. The number of nitrogen functional groups attached to an aromatic ring is 1. The van der Waals surface area contributed by atoms with Crippen LogP contribution in [0.2, 0.25) is 0 Å². The normalized spacial score (nSPS) is 16.7. The van der Waals surface area contributed by atoms with Gasteiger partial charge in [0.05, 0.1) is 19.3 Å². The van der Waals surface area contributed by atoms with E-state index in [1.807, 2.05) is 22.9 Å². The lowest BCUT2D eigenvalue weighted by atomic mass is 9.70. The van der Waals surface area contributed by atoms with Crippen molar-refractivity contribution in [2.75, 3.05) is 12.8 Å². The highest BCUT2D eigenvalue weighted by Crippen LogP contribution is 2.42.